The first kappa shape index (κ1) is 90.2. The maximum Gasteiger partial charge on any atom is 0.322 e. The van der Waals surface area contributed by atoms with Gasteiger partial charge in [-0.2, -0.15) is 0 Å². The Morgan fingerprint density at radius 2 is 0.848 bits per heavy atom. The highest BCUT2D eigenvalue weighted by molar-refractivity contribution is 6.11. The minimum absolute atomic E-state index is 0.128. The summed E-state index contributed by atoms with van der Waals surface area (Å²) in [6.07, 6.45) is 4.28. The van der Waals surface area contributed by atoms with Crippen molar-refractivity contribution >= 4 is 82.7 Å². The fourth-order valence-electron chi connectivity index (χ4n) is 13.1. The van der Waals surface area contributed by atoms with Crippen LogP contribution in [-0.4, -0.2) is 233 Å². The summed E-state index contributed by atoms with van der Waals surface area (Å²) in [6.45, 7) is 30.8. The van der Waals surface area contributed by atoms with Gasteiger partial charge in [-0.15, -0.1) is 0 Å². The molecule has 11 atom stereocenters. The predicted molar refractivity (Wildman–Crippen MR) is 402 cm³/mol. The van der Waals surface area contributed by atoms with Crippen molar-refractivity contribution in [3.63, 3.8) is 0 Å². The number of urea groups is 1. The summed E-state index contributed by atoms with van der Waals surface area (Å²) in [5.41, 5.74) is 0.341. The number of allylic oxidation sites excluding steroid dienone is 2. The largest absolute Gasteiger partial charge is 0.343 e. The van der Waals surface area contributed by atoms with Crippen molar-refractivity contribution in [3.8, 4) is 0 Å². The highest BCUT2D eigenvalue weighted by Gasteiger charge is 2.50. The summed E-state index contributed by atoms with van der Waals surface area (Å²) >= 11 is 0. The second-order valence-corrected chi connectivity index (χ2v) is 31.0. The zero-order valence-corrected chi connectivity index (χ0v) is 66.9. The van der Waals surface area contributed by atoms with Gasteiger partial charge in [0.05, 0.1) is 6.54 Å². The van der Waals surface area contributed by atoms with Crippen LogP contribution in [0.2, 0.25) is 0 Å². The smallest absolute Gasteiger partial charge is 0.322 e. The van der Waals surface area contributed by atoms with Crippen molar-refractivity contribution < 1.29 is 67.1 Å². The Labute approximate surface area is 623 Å². The number of Topliss-reactive ketones (excluding diaryl/α,β-unsaturated/α-hetero) is 1. The van der Waals surface area contributed by atoms with Gasteiger partial charge in [0, 0.05) is 55.3 Å². The minimum Gasteiger partial charge on any atom is -0.343 e. The Hall–Kier alpha value is -9.04. The second-order valence-electron chi connectivity index (χ2n) is 31.0. The van der Waals surface area contributed by atoms with Crippen LogP contribution in [0.15, 0.2) is 72.8 Å². The monoisotopic (exact) mass is 1470 g/mol. The number of hydrogen-bond donors (Lipinski definition) is 6. The molecule has 0 saturated carbocycles. The third-order valence-corrected chi connectivity index (χ3v) is 19.3. The molecule has 0 aliphatic carbocycles. The highest BCUT2D eigenvalue weighted by atomic mass is 16.2. The van der Waals surface area contributed by atoms with Gasteiger partial charge in [-0.3, -0.25) is 67.6 Å². The van der Waals surface area contributed by atoms with Gasteiger partial charge in [0.25, 0.3) is 11.8 Å². The van der Waals surface area contributed by atoms with Gasteiger partial charge in [-0.05, 0) is 105 Å². The lowest BCUT2D eigenvalue weighted by molar-refractivity contribution is -0.157. The molecule has 4 rings (SSSR count). The third kappa shape index (κ3) is 23.7. The van der Waals surface area contributed by atoms with E-state index in [9.17, 15) is 57.5 Å². The Bertz CT molecular complexity index is 3360. The summed E-state index contributed by atoms with van der Waals surface area (Å²) < 4.78 is 0. The molecule has 0 radical (unpaired) electrons. The molecule has 2 aromatic carbocycles. The van der Waals surface area contributed by atoms with Gasteiger partial charge >= 0.3 is 6.03 Å². The molecule has 0 bridgehead atoms. The minimum atomic E-state index is -1.82. The van der Waals surface area contributed by atoms with Crippen molar-refractivity contribution in [2.24, 2.45) is 47.3 Å². The molecule has 14 amide bonds. The third-order valence-electron chi connectivity index (χ3n) is 19.3. The van der Waals surface area contributed by atoms with Crippen molar-refractivity contribution in [3.05, 3.63) is 83.9 Å². The molecular formula is C78H123N13O14. The SMILES string of the molecule is C/C=C/C[C@@H](C)C(=O)[C@H]1C(=O)N[C@@H](C(C)C)C(=O)N(C)CC(=O)N(C)[C@@H](CC(C)C)C(=O)N[C@@H](C(C)C)C(=O)N(C)[C@@H](CC(C)C)C(=O)N[C@@H](C)C(=O)N[C@H](C)C(=O)N(C)[C@@H](CC(C)C)C(=O)N(C)[C@@H](CC(C)C)C(=O)N(C)[C@@H](C(C)C)C(=O)N1C.O=C1NC(=O)C(c2ccccc2)(c2ccccc2)N1. The van der Waals surface area contributed by atoms with Crippen LogP contribution in [-0.2, 0) is 67.9 Å². The number of benzene rings is 2. The van der Waals surface area contributed by atoms with Crippen LogP contribution < -0.4 is 31.9 Å². The molecule has 2 aliphatic heterocycles. The molecule has 0 aromatic heterocycles. The Morgan fingerprint density at radius 1 is 0.448 bits per heavy atom. The van der Waals surface area contributed by atoms with E-state index in [2.05, 4.69) is 31.9 Å². The van der Waals surface area contributed by atoms with E-state index < -0.39 is 173 Å². The number of nitrogens with zero attached hydrogens (tertiary/aromatic N) is 7. The quantitative estimate of drug-likeness (QED) is 0.0648. The van der Waals surface area contributed by atoms with Crippen LogP contribution in [0.3, 0.4) is 0 Å². The average molecular weight is 1470 g/mol. The first-order valence-electron chi connectivity index (χ1n) is 36.8. The standard InChI is InChI=1S/C63H111N11O12.C15H12N2O2/c1-26-27-28-41(16)53(76)52-57(80)67-49(38(10)11)61(84)68(19)33-48(75)69(20)44(29-34(2)3)56(79)66-50(39(12)13)62(85)70(21)45(30-35(4)5)55(78)64-42(17)54(77)65-43(18)58(81)71(22)46(31-36(6)7)59(82)72(23)47(32-37(8)9)60(83)73(24)51(40(14)15)63(86)74(52)25;18-13-15(17-14(19)16-13,11-7-3-1-4-8-11)12-9-5-2-6-10-12/h26-27,34-47,49-52H,28-33H2,1-25H3,(H,64,78)(H,65,77)(H,66,79)(H,67,80);1-10H,(H2,16,17,18,19)/b27-26+;/t41-,42+,43-,44+,45+,46+,47+,49+,50+,51+,52+;/m1./s1. The fourth-order valence-corrected chi connectivity index (χ4v) is 13.1. The highest BCUT2D eigenvalue weighted by Crippen LogP contribution is 2.33. The average Bonchev–Trinajstić information content (AvgIpc) is 1.63. The molecule has 2 heterocycles. The zero-order chi connectivity index (χ0) is 80.1. The van der Waals surface area contributed by atoms with Crippen LogP contribution in [0.5, 0.6) is 0 Å². The Kier molecular flexibility index (Phi) is 34.7. The van der Waals surface area contributed by atoms with Gasteiger partial charge in [0.1, 0.15) is 54.4 Å². The first-order chi connectivity index (χ1) is 48.8. The van der Waals surface area contributed by atoms with E-state index in [0.29, 0.717) is 0 Å². The van der Waals surface area contributed by atoms with E-state index in [4.69, 9.17) is 0 Å². The summed E-state index contributed by atoms with van der Waals surface area (Å²) in [6, 6.07) is 5.24. The van der Waals surface area contributed by atoms with Crippen LogP contribution in [0.25, 0.3) is 0 Å². The number of nitrogens with one attached hydrogen (secondary N) is 6. The molecule has 6 N–H and O–H groups in total. The molecule has 0 unspecified atom stereocenters. The normalized spacial score (nSPS) is 24.6. The topological polar surface area (TPSA) is 334 Å². The Balaban J connectivity index is 0.00000128. The lowest BCUT2D eigenvalue weighted by atomic mass is 9.83. The molecule has 27 heteroatoms. The van der Waals surface area contributed by atoms with Crippen molar-refractivity contribution in [2.45, 2.75) is 223 Å². The lowest BCUT2D eigenvalue weighted by Gasteiger charge is -2.41. The molecule has 2 aromatic rings. The first-order valence-corrected chi connectivity index (χ1v) is 36.8. The molecule has 0 spiro atoms. The van der Waals surface area contributed by atoms with Gasteiger partial charge in [0.2, 0.25) is 59.1 Å². The number of imide groups is 1. The van der Waals surface area contributed by atoms with Gasteiger partial charge in [-0.25, -0.2) is 4.79 Å². The molecule has 105 heavy (non-hydrogen) atoms. The number of likely N-dealkylation sites (N-methyl/N-ethyl adjacent to an activating group) is 7. The molecule has 2 saturated heterocycles. The van der Waals surface area contributed by atoms with Gasteiger partial charge in [-0.1, -0.05) is 177 Å². The number of amides is 14. The molecule has 584 valence electrons. The zero-order valence-electron chi connectivity index (χ0n) is 66.9. The van der Waals surface area contributed by atoms with E-state index in [0.717, 1.165) is 20.9 Å². The summed E-state index contributed by atoms with van der Waals surface area (Å²) in [5, 5.41) is 16.0. The number of rotatable bonds is 17. The summed E-state index contributed by atoms with van der Waals surface area (Å²) in [4.78, 5) is 207. The predicted octanol–water partition coefficient (Wildman–Crippen LogP) is 5.49. The maximum absolute atomic E-state index is 15.2. The van der Waals surface area contributed by atoms with E-state index >= 15 is 9.59 Å². The lowest BCUT2D eigenvalue weighted by Crippen LogP contribution is -2.63. The van der Waals surface area contributed by atoms with Crippen molar-refractivity contribution in [1.29, 1.82) is 0 Å². The van der Waals surface area contributed by atoms with E-state index in [1.807, 2.05) is 116 Å². The molecule has 2 aliphatic rings. The van der Waals surface area contributed by atoms with Crippen LogP contribution in [0.4, 0.5) is 4.79 Å². The number of hydrogen-bond acceptors (Lipinski definition) is 14. The molecule has 2 fully saturated rings. The van der Waals surface area contributed by atoms with E-state index in [1.54, 1.807) is 67.5 Å². The Morgan fingerprint density at radius 3 is 1.28 bits per heavy atom. The molecular weight excluding hydrogens is 1340 g/mol. The van der Waals surface area contributed by atoms with Crippen molar-refractivity contribution in [1.82, 2.24) is 66.2 Å². The summed E-state index contributed by atoms with van der Waals surface area (Å²) in [7, 11) is 9.80. The van der Waals surface area contributed by atoms with Crippen molar-refractivity contribution in [2.75, 3.05) is 55.9 Å². The van der Waals surface area contributed by atoms with Crippen LogP contribution >= 0.6 is 0 Å². The van der Waals surface area contributed by atoms with Crippen LogP contribution in [0, 0.1) is 47.3 Å². The van der Waals surface area contributed by atoms with Gasteiger partial charge < -0.3 is 60.9 Å². The van der Waals surface area contributed by atoms with Gasteiger partial charge in [0.15, 0.2) is 17.4 Å². The van der Waals surface area contributed by atoms with E-state index in [1.165, 1.54) is 87.7 Å². The second kappa shape index (κ2) is 40.5. The van der Waals surface area contributed by atoms with Crippen LogP contribution in [0.1, 0.15) is 168 Å². The number of carbonyl (C=O) groups excluding carboxylic acids is 14. The molecule has 27 nitrogen and oxygen atoms in total. The maximum atomic E-state index is 15.2. The summed E-state index contributed by atoms with van der Waals surface area (Å²) in [5.74, 6) is -11.9. The number of carbonyl (C=O) groups is 14. The fraction of sp³-hybridized carbons (Fsp3) is 0.641. The number of ketones is 1. The van der Waals surface area contributed by atoms with E-state index in [-0.39, 0.29) is 61.7 Å².